The molecule has 5 rings (SSSR count). The van der Waals surface area contributed by atoms with E-state index in [1.165, 1.54) is 11.1 Å². The Bertz CT molecular complexity index is 706. The fourth-order valence-electron chi connectivity index (χ4n) is 4.96. The van der Waals surface area contributed by atoms with E-state index in [0.29, 0.717) is 0 Å². The quantitative estimate of drug-likeness (QED) is 0.420. The molecule has 1 aromatic rings. The molecule has 1 unspecified atom stereocenters. The zero-order chi connectivity index (χ0) is 15.1. The Hall–Kier alpha value is -1.27. The molecule has 0 amide bonds. The Balaban J connectivity index is 0.00000135. The third-order valence-corrected chi connectivity index (χ3v) is 5.93. The Morgan fingerprint density at radius 3 is 2.70 bits per heavy atom. The lowest BCUT2D eigenvalue weighted by Gasteiger charge is -2.48. The molecule has 6 heteroatoms. The molecule has 1 aromatic carbocycles. The molecule has 1 saturated heterocycles. The summed E-state index contributed by atoms with van der Waals surface area (Å²) in [6, 6.07) is 4.35. The maximum absolute atomic E-state index is 10.7. The lowest BCUT2D eigenvalue weighted by molar-refractivity contribution is -0.935. The summed E-state index contributed by atoms with van der Waals surface area (Å²) in [4.78, 5) is 0. The van der Waals surface area contributed by atoms with E-state index in [1.807, 2.05) is 12.1 Å². The zero-order valence-corrected chi connectivity index (χ0v) is 13.7. The average molecular weight is 338 g/mol. The van der Waals surface area contributed by atoms with Crippen molar-refractivity contribution in [2.24, 2.45) is 0 Å². The first-order valence-electron chi connectivity index (χ1n) is 7.90. The second-order valence-corrected chi connectivity index (χ2v) is 7.21. The number of aliphatic hydroxyl groups excluding tert-OH is 2. The third kappa shape index (κ3) is 1.91. The summed E-state index contributed by atoms with van der Waals surface area (Å²) < 4.78 is 11.9. The van der Waals surface area contributed by atoms with Crippen molar-refractivity contribution < 1.29 is 36.6 Å². The molecule has 0 spiro atoms. The molecule has 3 heterocycles. The highest BCUT2D eigenvalue weighted by Crippen LogP contribution is 2.52. The van der Waals surface area contributed by atoms with E-state index in [1.54, 1.807) is 0 Å². The fourth-order valence-corrected chi connectivity index (χ4v) is 4.96. The number of quaternary nitrogens is 1. The van der Waals surface area contributed by atoms with Gasteiger partial charge >= 0.3 is 0 Å². The maximum Gasteiger partial charge on any atom is 0.231 e. The monoisotopic (exact) mass is 337 g/mol. The smallest absolute Gasteiger partial charge is 0.231 e. The second-order valence-electron chi connectivity index (χ2n) is 7.21. The Morgan fingerprint density at radius 2 is 1.91 bits per heavy atom. The first-order valence-corrected chi connectivity index (χ1v) is 7.90. The van der Waals surface area contributed by atoms with Crippen LogP contribution in [-0.4, -0.2) is 53.3 Å². The first kappa shape index (κ1) is 15.3. The number of aliphatic hydroxyl groups is 2. The van der Waals surface area contributed by atoms with Crippen LogP contribution in [0.5, 0.6) is 11.5 Å². The molecular weight excluding hydrogens is 318 g/mol. The van der Waals surface area contributed by atoms with Crippen molar-refractivity contribution in [1.82, 2.24) is 0 Å². The fraction of sp³-hybridized carbons (Fsp3) is 0.529. The number of rotatable bonds is 0. The van der Waals surface area contributed by atoms with Crippen LogP contribution in [0.3, 0.4) is 0 Å². The number of benzene rings is 1. The maximum atomic E-state index is 10.7. The van der Waals surface area contributed by atoms with Crippen LogP contribution in [-0.2, 0) is 6.54 Å². The molecule has 0 bridgehead atoms. The highest BCUT2D eigenvalue weighted by Gasteiger charge is 2.56. The predicted octanol–water partition coefficient (Wildman–Crippen LogP) is -2.10. The van der Waals surface area contributed by atoms with Gasteiger partial charge in [0.15, 0.2) is 11.5 Å². The van der Waals surface area contributed by atoms with Gasteiger partial charge in [0.1, 0.15) is 12.6 Å². The molecule has 1 aliphatic carbocycles. The molecule has 0 aromatic heterocycles. The van der Waals surface area contributed by atoms with Gasteiger partial charge in [-0.3, -0.25) is 0 Å². The minimum absolute atomic E-state index is 0. The number of nitrogens with zero attached hydrogens (tertiary/aromatic N) is 1. The van der Waals surface area contributed by atoms with Crippen molar-refractivity contribution >= 4 is 0 Å². The van der Waals surface area contributed by atoms with Gasteiger partial charge in [0.05, 0.1) is 31.7 Å². The van der Waals surface area contributed by atoms with Gasteiger partial charge in [0.25, 0.3) is 0 Å². The number of hydrogen-bond donors (Lipinski definition) is 2. The SMILES string of the molecule is C[N+]12CCC3=C[C@H](O)[C@@H](O)[C@@H](c4cc5c(cc4C1)OCO5)[C@@H]32.[Cl-]. The van der Waals surface area contributed by atoms with Gasteiger partial charge < -0.3 is 36.6 Å². The molecule has 5 atom stereocenters. The van der Waals surface area contributed by atoms with Crippen molar-refractivity contribution in [3.05, 3.63) is 34.9 Å². The number of halogens is 1. The van der Waals surface area contributed by atoms with E-state index in [9.17, 15) is 10.2 Å². The standard InChI is InChI=1S/C17H20NO4.ClH/c1-18-3-2-9-4-12(19)17(20)15(16(9)18)11-6-14-13(21-8-22-14)5-10(11)7-18;/h4-6,12,15-17,19-20H,2-3,7-8H2,1H3;1H/q+1;/p-1/t12-,15-,16+,17+,18?;/m0./s1. The van der Waals surface area contributed by atoms with Crippen molar-refractivity contribution in [3.8, 4) is 11.5 Å². The minimum Gasteiger partial charge on any atom is -1.00 e. The summed E-state index contributed by atoms with van der Waals surface area (Å²) in [7, 11) is 2.26. The van der Waals surface area contributed by atoms with Crippen molar-refractivity contribution in [2.45, 2.75) is 37.1 Å². The van der Waals surface area contributed by atoms with Gasteiger partial charge in [-0.15, -0.1) is 0 Å². The van der Waals surface area contributed by atoms with Crippen LogP contribution in [0.15, 0.2) is 23.8 Å². The number of likely N-dealkylation sites (N-methyl/N-ethyl adjacent to an activating group) is 1. The third-order valence-electron chi connectivity index (χ3n) is 5.93. The van der Waals surface area contributed by atoms with Crippen molar-refractivity contribution in [1.29, 1.82) is 0 Å². The van der Waals surface area contributed by atoms with Gasteiger partial charge in [0, 0.05) is 12.0 Å². The molecule has 0 radical (unpaired) electrons. The van der Waals surface area contributed by atoms with Gasteiger partial charge in [-0.05, 0) is 29.3 Å². The number of fused-ring (bicyclic) bond motifs is 3. The van der Waals surface area contributed by atoms with Crippen LogP contribution in [0.25, 0.3) is 0 Å². The normalized spacial score (nSPS) is 39.2. The van der Waals surface area contributed by atoms with Crippen molar-refractivity contribution in [3.63, 3.8) is 0 Å². The molecule has 5 nitrogen and oxygen atoms in total. The Morgan fingerprint density at radius 1 is 1.17 bits per heavy atom. The molecule has 1 fully saturated rings. The molecule has 23 heavy (non-hydrogen) atoms. The summed E-state index contributed by atoms with van der Waals surface area (Å²) in [6.45, 7) is 2.25. The van der Waals surface area contributed by atoms with Gasteiger partial charge in [-0.2, -0.15) is 0 Å². The van der Waals surface area contributed by atoms with Crippen LogP contribution in [0.1, 0.15) is 23.5 Å². The Kier molecular flexibility index (Phi) is 3.23. The van der Waals surface area contributed by atoms with E-state index in [0.717, 1.165) is 41.1 Å². The lowest BCUT2D eigenvalue weighted by Crippen LogP contribution is -3.00. The molecule has 124 valence electrons. The first-order chi connectivity index (χ1) is 10.6. The van der Waals surface area contributed by atoms with Gasteiger partial charge in [-0.25, -0.2) is 0 Å². The van der Waals surface area contributed by atoms with Crippen LogP contribution in [0.2, 0.25) is 0 Å². The summed E-state index contributed by atoms with van der Waals surface area (Å²) in [5, 5.41) is 20.9. The highest BCUT2D eigenvalue weighted by atomic mass is 35.5. The molecule has 3 aliphatic heterocycles. The van der Waals surface area contributed by atoms with Crippen LogP contribution in [0, 0.1) is 0 Å². The van der Waals surface area contributed by atoms with Crippen molar-refractivity contribution in [2.75, 3.05) is 20.4 Å². The van der Waals surface area contributed by atoms with Crippen LogP contribution in [0.4, 0.5) is 0 Å². The lowest BCUT2D eigenvalue weighted by atomic mass is 9.72. The van der Waals surface area contributed by atoms with E-state index in [-0.39, 0.29) is 31.2 Å². The van der Waals surface area contributed by atoms with Crippen LogP contribution >= 0.6 is 0 Å². The summed E-state index contributed by atoms with van der Waals surface area (Å²) in [5.74, 6) is 1.48. The van der Waals surface area contributed by atoms with Crippen LogP contribution < -0.4 is 21.9 Å². The number of hydrogen-bond acceptors (Lipinski definition) is 4. The zero-order valence-electron chi connectivity index (χ0n) is 12.9. The van der Waals surface area contributed by atoms with E-state index in [4.69, 9.17) is 9.47 Å². The van der Waals surface area contributed by atoms with E-state index in [2.05, 4.69) is 13.1 Å². The minimum atomic E-state index is -0.779. The van der Waals surface area contributed by atoms with Gasteiger partial charge in [-0.1, -0.05) is 0 Å². The summed E-state index contributed by atoms with van der Waals surface area (Å²) >= 11 is 0. The molecule has 4 aliphatic rings. The predicted molar refractivity (Wildman–Crippen MR) is 78.6 cm³/mol. The topological polar surface area (TPSA) is 58.9 Å². The van der Waals surface area contributed by atoms with E-state index >= 15 is 0 Å². The Labute approximate surface area is 141 Å². The van der Waals surface area contributed by atoms with E-state index < -0.39 is 12.2 Å². The molecule has 2 N–H and O–H groups in total. The number of ether oxygens (including phenoxy) is 2. The van der Waals surface area contributed by atoms with Gasteiger partial charge in [0.2, 0.25) is 6.79 Å². The average Bonchev–Trinajstić information content (AvgIpc) is 3.06. The highest BCUT2D eigenvalue weighted by molar-refractivity contribution is 5.52. The second kappa shape index (κ2) is 4.86. The molecular formula is C17H20ClNO4. The summed E-state index contributed by atoms with van der Waals surface area (Å²) in [6.07, 6.45) is 1.35. The largest absolute Gasteiger partial charge is 1.00 e. The molecule has 0 saturated carbocycles. The summed E-state index contributed by atoms with van der Waals surface area (Å²) in [5.41, 5.74) is 3.62.